The fourth-order valence-electron chi connectivity index (χ4n) is 18.7. The number of nitrogen functional groups attached to an aromatic ring is 1. The fourth-order valence-corrected chi connectivity index (χ4v) is 27.4. The van der Waals surface area contributed by atoms with E-state index in [2.05, 4.69) is 463 Å². The van der Waals surface area contributed by atoms with Crippen molar-refractivity contribution in [2.24, 2.45) is 0 Å². The number of thiophene rings is 3. The quantitative estimate of drug-likeness (QED) is 0.122. The molecule has 0 aliphatic heterocycles. The van der Waals surface area contributed by atoms with Gasteiger partial charge in [0.1, 0.15) is 0 Å². The number of nitrogens with two attached hydrogens (primary N) is 1. The van der Waals surface area contributed by atoms with Crippen molar-refractivity contribution in [3.05, 3.63) is 451 Å². The first kappa shape index (κ1) is 80.7. The molecule has 0 saturated carbocycles. The Bertz CT molecular complexity index is 8900. The SMILES string of the molecule is Brc1ccc2[se]c3ccccc3c2c1.Brc1ccc2c3ccccc3n(-c3ccccc3)c2c1.C.Nc1cccc2sc3ccccc3c12.c1ccc(-n2c3ccccc3c3ccc(Cc4cccc5sc6ccccc6c45)cc32)cc1.c1ccc(-n2c3ccccc3c3ccc(N(c4ccc5[se]c6ccccc6c5c4)c4cccc5sc6ccccc6c45)cc32)cc1. The van der Waals surface area contributed by atoms with Crippen LogP contribution in [0.4, 0.5) is 22.7 Å². The van der Waals surface area contributed by atoms with Crippen molar-refractivity contribution in [3.8, 4) is 17.1 Å². The molecule has 2 N–H and O–H groups in total. The normalized spacial score (nSPS) is 11.5. The molecule has 5 nitrogen and oxygen atoms in total. The van der Waals surface area contributed by atoms with E-state index < -0.39 is 0 Å². The van der Waals surface area contributed by atoms with Crippen molar-refractivity contribution in [2.75, 3.05) is 10.6 Å². The molecule has 0 atom stereocenters. The van der Waals surface area contributed by atoms with Crippen molar-refractivity contribution >= 4 is 282 Å². The van der Waals surface area contributed by atoms with Gasteiger partial charge in [-0.15, -0.1) is 22.7 Å². The number of rotatable bonds is 8. The van der Waals surface area contributed by atoms with Gasteiger partial charge in [0, 0.05) is 83.4 Å². The molecule has 27 rings (SSSR count). The number of hydrogen-bond acceptors (Lipinski definition) is 5. The zero-order chi connectivity index (χ0) is 84.6. The second-order valence-corrected chi connectivity index (χ2v) is 41.4. The standard InChI is InChI=1S/C42H26N2SSe.C31H21NS.C18H12BrN.C12H7BrSe.C12H9NS.CH4/c1-2-11-27(12-3-1)44-35-16-7-4-13-30(35)31-23-21-29(26-37(31)44)43(28-22-24-41-34(25-28)32-14-6-9-20-40(32)46-41)36-17-10-19-39-42(36)33-15-5-8-18-38(33)45-39;1-2-10-23(11-3-1)32-27-14-6-4-12-24(27)25-18-17-21(20-28(25)32)19-22-9-8-16-30-31(22)26-13-5-7-15-29(26)33-30;19-13-10-11-16-15-8-4-5-9-17(15)20(18(16)12-13)14-6-2-1-3-7-14;13-8-5-6-12-10(7-8)9-3-1-2-4-11(9)14-12;13-9-5-3-7-11-12(9)8-4-1-2-6-10(8)14-11;/h1-26H;1-18,20H,19H2;1-12H;1-7H;1-7H,13H2;1H4. The van der Waals surface area contributed by atoms with Crippen LogP contribution in [0.1, 0.15) is 18.6 Å². The van der Waals surface area contributed by atoms with Crippen LogP contribution >= 0.6 is 65.9 Å². The van der Waals surface area contributed by atoms with Gasteiger partial charge in [0.15, 0.2) is 0 Å². The number of fused-ring (bicyclic) bond motifs is 24. The van der Waals surface area contributed by atoms with Gasteiger partial charge >= 0.3 is 368 Å². The Balaban J connectivity index is 0.000000102. The van der Waals surface area contributed by atoms with E-state index in [0.717, 1.165) is 22.3 Å². The van der Waals surface area contributed by atoms with Crippen LogP contribution in [0, 0.1) is 0 Å². The fraction of sp³-hybridized carbons (Fsp3) is 0.0172. The Labute approximate surface area is 780 Å². The summed E-state index contributed by atoms with van der Waals surface area (Å²) in [6, 6.07) is 155. The van der Waals surface area contributed by atoms with Crippen LogP contribution in [0.3, 0.4) is 0 Å². The van der Waals surface area contributed by atoms with E-state index >= 15 is 0 Å². The van der Waals surface area contributed by atoms with Crippen molar-refractivity contribution in [1.82, 2.24) is 13.7 Å². The average molecular weight is 1960 g/mol. The number of benzene rings is 19. The second-order valence-electron chi connectivity index (χ2n) is 31.8. The number of nitrogens with zero attached hydrogens (tertiary/aromatic N) is 4. The molecule has 0 fully saturated rings. The van der Waals surface area contributed by atoms with E-state index in [1.807, 2.05) is 40.9 Å². The summed E-state index contributed by atoms with van der Waals surface area (Å²) in [7, 11) is 0. The predicted molar refractivity (Wildman–Crippen MR) is 568 cm³/mol. The molecule has 128 heavy (non-hydrogen) atoms. The van der Waals surface area contributed by atoms with Gasteiger partial charge in [0.2, 0.25) is 0 Å². The van der Waals surface area contributed by atoms with Gasteiger partial charge in [-0.1, -0.05) is 175 Å². The van der Waals surface area contributed by atoms with Gasteiger partial charge < -0.3 is 14.9 Å². The summed E-state index contributed by atoms with van der Waals surface area (Å²) in [6.45, 7) is 0. The summed E-state index contributed by atoms with van der Waals surface area (Å²) < 4.78 is 23.2. The first-order chi connectivity index (χ1) is 62.7. The number of halogens is 2. The van der Waals surface area contributed by atoms with Gasteiger partial charge in [-0.25, -0.2) is 0 Å². The van der Waals surface area contributed by atoms with Crippen LogP contribution < -0.4 is 10.6 Å². The zero-order valence-corrected chi connectivity index (χ0v) is 77.4. The van der Waals surface area contributed by atoms with E-state index in [4.69, 9.17) is 5.73 Å². The topological polar surface area (TPSA) is 44.0 Å². The third kappa shape index (κ3) is 14.7. The first-order valence-electron chi connectivity index (χ1n) is 42.4. The number of hydrogen-bond donors (Lipinski definition) is 1. The molecule has 612 valence electrons. The minimum atomic E-state index is 0. The molecule has 0 amide bonds. The predicted octanol–water partition coefficient (Wildman–Crippen LogP) is 34.4. The summed E-state index contributed by atoms with van der Waals surface area (Å²) in [6.07, 6.45) is 0.921. The van der Waals surface area contributed by atoms with Gasteiger partial charge in [-0.3, -0.25) is 0 Å². The molecule has 0 bridgehead atoms. The third-order valence-electron chi connectivity index (χ3n) is 24.2. The van der Waals surface area contributed by atoms with E-state index in [1.54, 1.807) is 11.3 Å². The molecule has 0 radical (unpaired) electrons. The zero-order valence-electron chi connectivity index (χ0n) is 68.4. The molecular weight excluding hydrogens is 1880 g/mol. The maximum atomic E-state index is 5.97. The first-order valence-corrected chi connectivity index (χ1v) is 49.8. The van der Waals surface area contributed by atoms with Crippen LogP contribution in [-0.4, -0.2) is 42.7 Å². The molecule has 27 aromatic rings. The second kappa shape index (κ2) is 34.5. The number of para-hydroxylation sites is 6. The van der Waals surface area contributed by atoms with Crippen LogP contribution in [0.25, 0.3) is 182 Å². The van der Waals surface area contributed by atoms with Crippen LogP contribution in [0.2, 0.25) is 0 Å². The van der Waals surface area contributed by atoms with Gasteiger partial charge in [0.25, 0.3) is 0 Å². The summed E-state index contributed by atoms with van der Waals surface area (Å²) in [5.74, 6) is 0. The van der Waals surface area contributed by atoms with Crippen molar-refractivity contribution in [2.45, 2.75) is 13.8 Å². The molecule has 19 aromatic carbocycles. The van der Waals surface area contributed by atoms with E-state index in [1.165, 1.54) is 209 Å². The molecule has 8 aromatic heterocycles. The minimum absolute atomic E-state index is 0. The molecule has 0 aliphatic rings. The number of anilines is 4. The van der Waals surface area contributed by atoms with E-state index in [9.17, 15) is 0 Å². The van der Waals surface area contributed by atoms with Crippen LogP contribution in [0.5, 0.6) is 0 Å². The molecule has 0 saturated heterocycles. The Hall–Kier alpha value is -13.2. The monoisotopic (exact) mass is 1960 g/mol. The van der Waals surface area contributed by atoms with Gasteiger partial charge in [-0.2, -0.15) is 0 Å². The molecule has 12 heteroatoms. The number of aromatic nitrogens is 3. The summed E-state index contributed by atoms with van der Waals surface area (Å²) in [5.41, 5.74) is 24.1. The van der Waals surface area contributed by atoms with E-state index in [0.29, 0.717) is 29.0 Å². The van der Waals surface area contributed by atoms with Crippen molar-refractivity contribution < 1.29 is 0 Å². The van der Waals surface area contributed by atoms with Crippen LogP contribution in [0.15, 0.2) is 440 Å². The van der Waals surface area contributed by atoms with Crippen LogP contribution in [-0.2, 0) is 6.42 Å². The molecule has 0 spiro atoms. The Morgan fingerprint density at radius 1 is 0.250 bits per heavy atom. The maximum absolute atomic E-state index is 5.97. The van der Waals surface area contributed by atoms with Crippen molar-refractivity contribution in [1.29, 1.82) is 0 Å². The third-order valence-corrected chi connectivity index (χ3v) is 33.5. The van der Waals surface area contributed by atoms with Gasteiger partial charge in [-0.05, 0) is 102 Å². The van der Waals surface area contributed by atoms with E-state index in [-0.39, 0.29) is 7.43 Å². The molecule has 0 aliphatic carbocycles. The summed E-state index contributed by atoms with van der Waals surface area (Å²) in [4.78, 5) is 2.49. The Kier molecular flexibility index (Phi) is 21.8. The average Bonchev–Trinajstić information content (AvgIpc) is 1.54. The summed E-state index contributed by atoms with van der Waals surface area (Å²) in [5, 5.41) is 21.1. The van der Waals surface area contributed by atoms with Gasteiger partial charge in [0.05, 0.1) is 22.1 Å². The Morgan fingerprint density at radius 3 is 1.15 bits per heavy atom. The molecule has 0 unspecified atom stereocenters. The summed E-state index contributed by atoms with van der Waals surface area (Å²) >= 11 is 13.5. The molecular formula is C116H79Br2N5S3Se2. The van der Waals surface area contributed by atoms with Crippen molar-refractivity contribution in [3.63, 3.8) is 0 Å². The Morgan fingerprint density at radius 2 is 0.602 bits per heavy atom. The molecule has 8 heterocycles.